The Kier molecular flexibility index (Phi) is 2.51. The van der Waals surface area contributed by atoms with Gasteiger partial charge in [0.05, 0.1) is 11.0 Å². The van der Waals surface area contributed by atoms with Crippen molar-refractivity contribution in [1.29, 1.82) is 0 Å². The van der Waals surface area contributed by atoms with Crippen LogP contribution in [0.15, 0.2) is 29.3 Å². The van der Waals surface area contributed by atoms with E-state index in [2.05, 4.69) is 9.89 Å². The molecule has 1 aromatic carbocycles. The number of non-ortho nitro benzene ring substituents is 1. The first-order chi connectivity index (χ1) is 8.24. The highest BCUT2D eigenvalue weighted by Gasteiger charge is 2.30. The van der Waals surface area contributed by atoms with E-state index in [0.29, 0.717) is 0 Å². The molecule has 0 aliphatic carbocycles. The molecular formula is C11H11N3O2S. The summed E-state index contributed by atoms with van der Waals surface area (Å²) in [5.41, 5.74) is 1.19. The van der Waals surface area contributed by atoms with Gasteiger partial charge in [-0.25, -0.2) is 0 Å². The first-order valence-electron chi connectivity index (χ1n) is 5.44. The summed E-state index contributed by atoms with van der Waals surface area (Å²) in [6.45, 7) is 1.97. The number of hydrogen-bond donors (Lipinski definition) is 0. The molecule has 0 N–H and O–H groups in total. The van der Waals surface area contributed by atoms with Crippen molar-refractivity contribution in [3.8, 4) is 0 Å². The van der Waals surface area contributed by atoms with Crippen LogP contribution in [0.3, 0.4) is 0 Å². The van der Waals surface area contributed by atoms with Gasteiger partial charge in [0.1, 0.15) is 0 Å². The number of rotatable bonds is 2. The lowest BCUT2D eigenvalue weighted by Crippen LogP contribution is -2.21. The lowest BCUT2D eigenvalue weighted by atomic mass is 10.1. The normalized spacial score (nSPS) is 22.5. The highest BCUT2D eigenvalue weighted by molar-refractivity contribution is 8.14. The number of nitro benzene ring substituents is 1. The number of thioether (sulfide) groups is 1. The number of benzene rings is 1. The second kappa shape index (κ2) is 4.03. The zero-order valence-electron chi connectivity index (χ0n) is 9.07. The van der Waals surface area contributed by atoms with Crippen LogP contribution < -0.4 is 0 Å². The first kappa shape index (κ1) is 10.6. The molecule has 0 aromatic heterocycles. The summed E-state index contributed by atoms with van der Waals surface area (Å²) in [4.78, 5) is 17.1. The molecule has 2 aliphatic heterocycles. The Labute approximate surface area is 103 Å². The second-order valence-corrected chi connectivity index (χ2v) is 5.13. The van der Waals surface area contributed by atoms with Crippen molar-refractivity contribution >= 4 is 22.6 Å². The fourth-order valence-corrected chi connectivity index (χ4v) is 3.15. The number of nitro groups is 1. The van der Waals surface area contributed by atoms with Crippen molar-refractivity contribution in [1.82, 2.24) is 4.90 Å². The van der Waals surface area contributed by atoms with Crippen LogP contribution in [0.25, 0.3) is 0 Å². The molecule has 17 heavy (non-hydrogen) atoms. The predicted molar refractivity (Wildman–Crippen MR) is 67.3 cm³/mol. The molecular weight excluding hydrogens is 238 g/mol. The molecule has 6 heteroatoms. The van der Waals surface area contributed by atoms with Crippen LogP contribution in [0.1, 0.15) is 11.6 Å². The number of aliphatic imine (C=N–C) groups is 1. The van der Waals surface area contributed by atoms with E-state index in [0.717, 1.165) is 29.6 Å². The van der Waals surface area contributed by atoms with Crippen LogP contribution >= 0.6 is 11.8 Å². The quantitative estimate of drug-likeness (QED) is 0.594. The van der Waals surface area contributed by atoms with Crippen molar-refractivity contribution in [2.45, 2.75) is 6.04 Å². The Balaban J connectivity index is 1.81. The zero-order valence-corrected chi connectivity index (χ0v) is 9.89. The number of fused-ring (bicyclic) bond motifs is 1. The Morgan fingerprint density at radius 1 is 1.41 bits per heavy atom. The maximum Gasteiger partial charge on any atom is 0.269 e. The van der Waals surface area contributed by atoms with E-state index in [1.165, 1.54) is 0 Å². The molecule has 88 valence electrons. The molecule has 2 aliphatic rings. The second-order valence-electron chi connectivity index (χ2n) is 4.07. The largest absolute Gasteiger partial charge is 0.348 e. The van der Waals surface area contributed by atoms with E-state index < -0.39 is 0 Å². The molecule has 1 fully saturated rings. The average Bonchev–Trinajstić information content (AvgIpc) is 2.89. The fraction of sp³-hybridized carbons (Fsp3) is 0.364. The van der Waals surface area contributed by atoms with Gasteiger partial charge in [-0.3, -0.25) is 15.1 Å². The zero-order chi connectivity index (χ0) is 11.8. The van der Waals surface area contributed by atoms with E-state index in [4.69, 9.17) is 0 Å². The minimum Gasteiger partial charge on any atom is -0.348 e. The van der Waals surface area contributed by atoms with E-state index in [9.17, 15) is 10.1 Å². The van der Waals surface area contributed by atoms with Gasteiger partial charge in [-0.05, 0) is 17.7 Å². The van der Waals surface area contributed by atoms with Crippen LogP contribution in [0.5, 0.6) is 0 Å². The molecule has 0 spiro atoms. The van der Waals surface area contributed by atoms with Crippen LogP contribution in [0.4, 0.5) is 5.69 Å². The van der Waals surface area contributed by atoms with Crippen LogP contribution in [0, 0.1) is 10.1 Å². The van der Waals surface area contributed by atoms with E-state index >= 15 is 0 Å². The maximum absolute atomic E-state index is 10.6. The highest BCUT2D eigenvalue weighted by atomic mass is 32.2. The standard InChI is InChI=1S/C11H11N3O2S/c15-14(16)9-3-1-8(2-4-9)10-7-13-5-6-17-11(13)12-10/h1-4,10H,5-7H2/t10-/m0/s1. The number of hydrogen-bond acceptors (Lipinski definition) is 5. The van der Waals surface area contributed by atoms with Crippen molar-refractivity contribution in [2.24, 2.45) is 4.99 Å². The minimum atomic E-state index is -0.377. The Hall–Kier alpha value is -1.56. The summed E-state index contributed by atoms with van der Waals surface area (Å²) >= 11 is 1.79. The summed E-state index contributed by atoms with van der Waals surface area (Å²) < 4.78 is 0. The summed E-state index contributed by atoms with van der Waals surface area (Å²) in [7, 11) is 0. The van der Waals surface area contributed by atoms with Gasteiger partial charge in [0.2, 0.25) is 0 Å². The van der Waals surface area contributed by atoms with E-state index in [1.807, 2.05) is 0 Å². The molecule has 0 amide bonds. The topological polar surface area (TPSA) is 58.7 Å². The molecule has 1 atom stereocenters. The fourth-order valence-electron chi connectivity index (χ4n) is 2.10. The van der Waals surface area contributed by atoms with Gasteiger partial charge in [-0.15, -0.1) is 0 Å². The first-order valence-corrected chi connectivity index (χ1v) is 6.42. The lowest BCUT2D eigenvalue weighted by Gasteiger charge is -2.12. The van der Waals surface area contributed by atoms with Gasteiger partial charge >= 0.3 is 0 Å². The van der Waals surface area contributed by atoms with Gasteiger partial charge in [0, 0.05) is 31.0 Å². The van der Waals surface area contributed by atoms with Gasteiger partial charge in [0.15, 0.2) is 5.17 Å². The SMILES string of the molecule is O=[N+]([O-])c1ccc([C@@H]2CN3CCSC3=N2)cc1. The van der Waals surface area contributed by atoms with Crippen molar-refractivity contribution in [3.63, 3.8) is 0 Å². The van der Waals surface area contributed by atoms with Crippen molar-refractivity contribution in [2.75, 3.05) is 18.8 Å². The molecule has 0 saturated carbocycles. The maximum atomic E-state index is 10.6. The van der Waals surface area contributed by atoms with Crippen LogP contribution in [-0.2, 0) is 0 Å². The third-order valence-corrected chi connectivity index (χ3v) is 4.02. The summed E-state index contributed by atoms with van der Waals surface area (Å²) in [5, 5.41) is 11.7. The molecule has 3 rings (SSSR count). The van der Waals surface area contributed by atoms with Crippen LogP contribution in [0.2, 0.25) is 0 Å². The Morgan fingerprint density at radius 3 is 2.82 bits per heavy atom. The smallest absolute Gasteiger partial charge is 0.269 e. The Bertz CT molecular complexity index is 486. The summed E-state index contributed by atoms with van der Waals surface area (Å²) in [6.07, 6.45) is 0. The highest BCUT2D eigenvalue weighted by Crippen LogP contribution is 2.32. The summed E-state index contributed by atoms with van der Waals surface area (Å²) in [6, 6.07) is 6.84. The van der Waals surface area contributed by atoms with Gasteiger partial charge in [-0.1, -0.05) is 11.8 Å². The molecule has 0 unspecified atom stereocenters. The van der Waals surface area contributed by atoms with Crippen LogP contribution in [-0.4, -0.2) is 33.8 Å². The Morgan fingerprint density at radius 2 is 2.18 bits per heavy atom. The number of nitrogens with zero attached hydrogens (tertiary/aromatic N) is 3. The molecule has 1 aromatic rings. The molecule has 1 saturated heterocycles. The van der Waals surface area contributed by atoms with Gasteiger partial charge < -0.3 is 4.90 Å². The minimum absolute atomic E-state index is 0.134. The lowest BCUT2D eigenvalue weighted by molar-refractivity contribution is -0.384. The van der Waals surface area contributed by atoms with Gasteiger partial charge in [0.25, 0.3) is 5.69 Å². The molecule has 2 heterocycles. The summed E-state index contributed by atoms with van der Waals surface area (Å²) in [5.74, 6) is 1.12. The van der Waals surface area contributed by atoms with E-state index in [1.54, 1.807) is 36.0 Å². The average molecular weight is 249 g/mol. The predicted octanol–water partition coefficient (Wildman–Crippen LogP) is 2.05. The molecule has 0 bridgehead atoms. The van der Waals surface area contributed by atoms with Gasteiger partial charge in [-0.2, -0.15) is 0 Å². The van der Waals surface area contributed by atoms with Crippen molar-refractivity contribution in [3.05, 3.63) is 39.9 Å². The van der Waals surface area contributed by atoms with Crippen molar-refractivity contribution < 1.29 is 4.92 Å². The monoisotopic (exact) mass is 249 g/mol. The number of amidine groups is 1. The molecule has 0 radical (unpaired) electrons. The third-order valence-electron chi connectivity index (χ3n) is 3.01. The van der Waals surface area contributed by atoms with E-state index in [-0.39, 0.29) is 16.7 Å². The third kappa shape index (κ3) is 1.88. The molecule has 5 nitrogen and oxygen atoms in total.